The minimum absolute atomic E-state index is 0.446. The quantitative estimate of drug-likeness (QED) is 0.848. The molecule has 0 saturated heterocycles. The average molecular weight is 273 g/mol. The molecule has 0 bridgehead atoms. The summed E-state index contributed by atoms with van der Waals surface area (Å²) in [5.41, 5.74) is 2.30. The normalized spacial score (nSPS) is 9.79. The van der Waals surface area contributed by atoms with Gasteiger partial charge in [0.1, 0.15) is 11.8 Å². The van der Waals surface area contributed by atoms with Crippen LogP contribution in [0, 0.1) is 11.3 Å². The third-order valence-corrected chi connectivity index (χ3v) is 3.22. The van der Waals surface area contributed by atoms with Crippen LogP contribution < -0.4 is 9.64 Å². The van der Waals surface area contributed by atoms with Gasteiger partial charge in [0.25, 0.3) is 0 Å². The molecule has 0 unspecified atom stereocenters. The molecule has 0 spiro atoms. The van der Waals surface area contributed by atoms with Crippen molar-refractivity contribution in [1.29, 1.82) is 5.26 Å². The number of hydrogen-bond acceptors (Lipinski definition) is 3. The number of nitriles is 1. The summed E-state index contributed by atoms with van der Waals surface area (Å²) >= 11 is 6.05. The van der Waals surface area contributed by atoms with Gasteiger partial charge in [-0.2, -0.15) is 5.26 Å². The van der Waals surface area contributed by atoms with E-state index in [1.54, 1.807) is 19.2 Å². The molecule has 0 radical (unpaired) electrons. The van der Waals surface area contributed by atoms with Crippen LogP contribution in [0.5, 0.6) is 5.75 Å². The lowest BCUT2D eigenvalue weighted by molar-refractivity contribution is 0.415. The molecule has 2 rings (SSSR count). The van der Waals surface area contributed by atoms with E-state index < -0.39 is 0 Å². The molecule has 0 aromatic heterocycles. The van der Waals surface area contributed by atoms with Gasteiger partial charge in [0.15, 0.2) is 0 Å². The average Bonchev–Trinajstić information content (AvgIpc) is 2.46. The van der Waals surface area contributed by atoms with Crippen LogP contribution in [0.1, 0.15) is 5.56 Å². The molecule has 4 heteroatoms. The second-order valence-electron chi connectivity index (χ2n) is 4.01. The first kappa shape index (κ1) is 13.3. The SMILES string of the molecule is COc1ccccc1N(C)c1ccc(C#N)c(Cl)c1. The van der Waals surface area contributed by atoms with Gasteiger partial charge in [-0.1, -0.05) is 23.7 Å². The molecule has 0 aliphatic carbocycles. The number of methoxy groups -OCH3 is 1. The van der Waals surface area contributed by atoms with Gasteiger partial charge in [-0.05, 0) is 30.3 Å². The highest BCUT2D eigenvalue weighted by Gasteiger charge is 2.10. The van der Waals surface area contributed by atoms with Crippen LogP contribution in [-0.4, -0.2) is 14.2 Å². The zero-order valence-corrected chi connectivity index (χ0v) is 11.5. The Hall–Kier alpha value is -2.18. The number of halogens is 1. The molecule has 0 aliphatic heterocycles. The Balaban J connectivity index is 2.42. The van der Waals surface area contributed by atoms with E-state index in [1.807, 2.05) is 48.3 Å². The molecule has 0 N–H and O–H groups in total. The van der Waals surface area contributed by atoms with Gasteiger partial charge in [0.2, 0.25) is 0 Å². The van der Waals surface area contributed by atoms with Crippen molar-refractivity contribution in [3.63, 3.8) is 0 Å². The third kappa shape index (κ3) is 2.64. The van der Waals surface area contributed by atoms with E-state index in [9.17, 15) is 0 Å². The van der Waals surface area contributed by atoms with Crippen molar-refractivity contribution in [1.82, 2.24) is 0 Å². The van der Waals surface area contributed by atoms with E-state index in [0.29, 0.717) is 10.6 Å². The summed E-state index contributed by atoms with van der Waals surface area (Å²) in [4.78, 5) is 1.96. The van der Waals surface area contributed by atoms with Crippen molar-refractivity contribution in [2.24, 2.45) is 0 Å². The van der Waals surface area contributed by atoms with E-state index >= 15 is 0 Å². The van der Waals surface area contributed by atoms with Gasteiger partial charge in [0.05, 0.1) is 23.4 Å². The molecule has 96 valence electrons. The topological polar surface area (TPSA) is 36.3 Å². The van der Waals surface area contributed by atoms with E-state index in [1.165, 1.54) is 0 Å². The fourth-order valence-electron chi connectivity index (χ4n) is 1.85. The molecule has 0 aliphatic rings. The van der Waals surface area contributed by atoms with E-state index in [2.05, 4.69) is 0 Å². The minimum atomic E-state index is 0.446. The van der Waals surface area contributed by atoms with E-state index in [4.69, 9.17) is 21.6 Å². The van der Waals surface area contributed by atoms with Crippen LogP contribution in [0.15, 0.2) is 42.5 Å². The summed E-state index contributed by atoms with van der Waals surface area (Å²) < 4.78 is 5.34. The van der Waals surface area contributed by atoms with Gasteiger partial charge in [0, 0.05) is 12.7 Å². The monoisotopic (exact) mass is 272 g/mol. The Labute approximate surface area is 117 Å². The first-order chi connectivity index (χ1) is 9.17. The van der Waals surface area contributed by atoms with Gasteiger partial charge in [-0.15, -0.1) is 0 Å². The standard InChI is InChI=1S/C15H13ClN2O/c1-18(14-5-3-4-6-15(14)19-2)12-8-7-11(10-17)13(16)9-12/h3-9H,1-2H3. The highest BCUT2D eigenvalue weighted by molar-refractivity contribution is 6.32. The lowest BCUT2D eigenvalue weighted by atomic mass is 10.2. The fraction of sp³-hybridized carbons (Fsp3) is 0.133. The zero-order chi connectivity index (χ0) is 13.8. The van der Waals surface area contributed by atoms with Crippen LogP contribution in [-0.2, 0) is 0 Å². The van der Waals surface area contributed by atoms with Crippen molar-refractivity contribution in [2.75, 3.05) is 19.1 Å². The molecule has 3 nitrogen and oxygen atoms in total. The predicted octanol–water partition coefficient (Wildman–Crippen LogP) is 3.99. The maximum atomic E-state index is 8.88. The highest BCUT2D eigenvalue weighted by Crippen LogP contribution is 2.33. The minimum Gasteiger partial charge on any atom is -0.495 e. The number of anilines is 2. The number of para-hydroxylation sites is 2. The molecule has 0 amide bonds. The number of benzene rings is 2. The second-order valence-corrected chi connectivity index (χ2v) is 4.41. The number of rotatable bonds is 3. The lowest BCUT2D eigenvalue weighted by Gasteiger charge is -2.22. The third-order valence-electron chi connectivity index (χ3n) is 2.91. The van der Waals surface area contributed by atoms with Crippen molar-refractivity contribution in [3.8, 4) is 11.8 Å². The molecule has 0 heterocycles. The Morgan fingerprint density at radius 2 is 1.95 bits per heavy atom. The van der Waals surface area contributed by atoms with Crippen LogP contribution >= 0.6 is 11.6 Å². The van der Waals surface area contributed by atoms with Crippen LogP contribution in [0.3, 0.4) is 0 Å². The maximum Gasteiger partial charge on any atom is 0.142 e. The van der Waals surface area contributed by atoms with Crippen LogP contribution in [0.2, 0.25) is 5.02 Å². The Kier molecular flexibility index (Phi) is 3.94. The van der Waals surface area contributed by atoms with E-state index in [-0.39, 0.29) is 0 Å². The largest absolute Gasteiger partial charge is 0.495 e. The molecule has 0 atom stereocenters. The van der Waals surface area contributed by atoms with Crippen molar-refractivity contribution >= 4 is 23.0 Å². The highest BCUT2D eigenvalue weighted by atomic mass is 35.5. The molecule has 2 aromatic carbocycles. The Bertz CT molecular complexity index is 634. The fourth-order valence-corrected chi connectivity index (χ4v) is 2.07. The summed E-state index contributed by atoms with van der Waals surface area (Å²) in [6.45, 7) is 0. The summed E-state index contributed by atoms with van der Waals surface area (Å²) in [6, 6.07) is 15.1. The Morgan fingerprint density at radius 1 is 1.21 bits per heavy atom. The van der Waals surface area contributed by atoms with Gasteiger partial charge < -0.3 is 9.64 Å². The molecule has 19 heavy (non-hydrogen) atoms. The summed E-state index contributed by atoms with van der Waals surface area (Å²) in [5, 5.41) is 9.33. The number of nitrogens with zero attached hydrogens (tertiary/aromatic N) is 2. The second kappa shape index (κ2) is 5.64. The smallest absolute Gasteiger partial charge is 0.142 e. The first-order valence-electron chi connectivity index (χ1n) is 5.73. The maximum absolute atomic E-state index is 8.88. The Morgan fingerprint density at radius 3 is 2.58 bits per heavy atom. The predicted molar refractivity (Wildman–Crippen MR) is 77.2 cm³/mol. The van der Waals surface area contributed by atoms with Gasteiger partial charge in [-0.3, -0.25) is 0 Å². The molecular formula is C15H13ClN2O. The molecule has 0 fully saturated rings. The van der Waals surface area contributed by atoms with Gasteiger partial charge >= 0.3 is 0 Å². The van der Waals surface area contributed by atoms with E-state index in [0.717, 1.165) is 17.1 Å². The number of hydrogen-bond donors (Lipinski definition) is 0. The summed E-state index contributed by atoms with van der Waals surface area (Å²) in [5.74, 6) is 0.783. The summed E-state index contributed by atoms with van der Waals surface area (Å²) in [7, 11) is 3.56. The first-order valence-corrected chi connectivity index (χ1v) is 6.11. The van der Waals surface area contributed by atoms with Crippen molar-refractivity contribution in [3.05, 3.63) is 53.1 Å². The van der Waals surface area contributed by atoms with Crippen LogP contribution in [0.4, 0.5) is 11.4 Å². The molecular weight excluding hydrogens is 260 g/mol. The summed E-state index contributed by atoms with van der Waals surface area (Å²) in [6.07, 6.45) is 0. The van der Waals surface area contributed by atoms with Gasteiger partial charge in [-0.25, -0.2) is 0 Å². The van der Waals surface area contributed by atoms with Crippen molar-refractivity contribution in [2.45, 2.75) is 0 Å². The van der Waals surface area contributed by atoms with Crippen LogP contribution in [0.25, 0.3) is 0 Å². The molecule has 0 saturated carbocycles. The zero-order valence-electron chi connectivity index (χ0n) is 10.7. The number of ether oxygens (including phenoxy) is 1. The molecule has 2 aromatic rings. The van der Waals surface area contributed by atoms with Crippen molar-refractivity contribution < 1.29 is 4.74 Å². The lowest BCUT2D eigenvalue weighted by Crippen LogP contribution is -2.10.